The first-order valence-corrected chi connectivity index (χ1v) is 11.0. The van der Waals surface area contributed by atoms with Gasteiger partial charge in [0.1, 0.15) is 17.2 Å². The Balaban J connectivity index is 2.00. The highest BCUT2D eigenvalue weighted by Gasteiger charge is 2.21. The van der Waals surface area contributed by atoms with Crippen LogP contribution in [0, 0.1) is 13.8 Å². The Morgan fingerprint density at radius 1 is 0.903 bits per heavy atom. The van der Waals surface area contributed by atoms with Gasteiger partial charge in [0.25, 0.3) is 5.91 Å². The predicted molar refractivity (Wildman–Crippen MR) is 122 cm³/mol. The van der Waals surface area contributed by atoms with Crippen LogP contribution in [0.4, 0.5) is 17.3 Å². The van der Waals surface area contributed by atoms with Crippen molar-refractivity contribution in [3.63, 3.8) is 0 Å². The number of rotatable bonds is 6. The normalized spacial score (nSPS) is 11.1. The second kappa shape index (κ2) is 8.70. The molecule has 0 aliphatic rings. The Morgan fingerprint density at radius 3 is 1.97 bits per heavy atom. The number of anilines is 3. The minimum atomic E-state index is -3.80. The monoisotopic (exact) mass is 440 g/mol. The number of nitrogens with two attached hydrogens (primary N) is 1. The molecule has 0 atom stereocenters. The summed E-state index contributed by atoms with van der Waals surface area (Å²) in [4.78, 5) is 21.9. The number of hydrogen-bond donors (Lipinski definition) is 4. The summed E-state index contributed by atoms with van der Waals surface area (Å²) in [5.41, 5.74) is 3.69. The van der Waals surface area contributed by atoms with E-state index in [0.29, 0.717) is 28.7 Å². The number of sulfonamides is 1. The van der Waals surface area contributed by atoms with Gasteiger partial charge >= 0.3 is 0 Å². The van der Waals surface area contributed by atoms with Gasteiger partial charge in [0.15, 0.2) is 5.82 Å². The SMILES string of the molecule is CNc1nc(-c2ccc(S(N)(=O)=O)cc2)nc(NC)c1C(=O)Nc1ccc(C)c(C)c1. The molecule has 0 saturated carbocycles. The van der Waals surface area contributed by atoms with Crippen LogP contribution in [0.15, 0.2) is 47.4 Å². The third-order valence-electron chi connectivity index (χ3n) is 4.82. The van der Waals surface area contributed by atoms with Gasteiger partial charge < -0.3 is 16.0 Å². The summed E-state index contributed by atoms with van der Waals surface area (Å²) in [6.45, 7) is 3.98. The van der Waals surface area contributed by atoms with E-state index in [1.54, 1.807) is 26.2 Å². The van der Waals surface area contributed by atoms with Crippen LogP contribution in [-0.2, 0) is 10.0 Å². The number of aryl methyl sites for hydroxylation is 2. The van der Waals surface area contributed by atoms with Gasteiger partial charge in [0.2, 0.25) is 10.0 Å². The summed E-state index contributed by atoms with van der Waals surface area (Å²) in [5.74, 6) is 0.600. The fraction of sp³-hybridized carbons (Fsp3) is 0.190. The van der Waals surface area contributed by atoms with Crippen LogP contribution >= 0.6 is 0 Å². The second-order valence-electron chi connectivity index (χ2n) is 6.94. The van der Waals surface area contributed by atoms with Crippen LogP contribution in [0.2, 0.25) is 0 Å². The van der Waals surface area contributed by atoms with Crippen LogP contribution in [0.3, 0.4) is 0 Å². The van der Waals surface area contributed by atoms with Crippen molar-refractivity contribution in [1.29, 1.82) is 0 Å². The number of nitrogens with zero attached hydrogens (tertiary/aromatic N) is 2. The summed E-state index contributed by atoms with van der Waals surface area (Å²) in [5, 5.41) is 13.9. The average molecular weight is 441 g/mol. The second-order valence-corrected chi connectivity index (χ2v) is 8.50. The van der Waals surface area contributed by atoms with Crippen molar-refractivity contribution in [3.8, 4) is 11.4 Å². The van der Waals surface area contributed by atoms with Crippen molar-refractivity contribution in [3.05, 3.63) is 59.2 Å². The molecule has 3 aromatic rings. The van der Waals surface area contributed by atoms with Gasteiger partial charge in [-0.2, -0.15) is 0 Å². The molecule has 1 heterocycles. The Bertz CT molecular complexity index is 1220. The van der Waals surface area contributed by atoms with Crippen molar-refractivity contribution in [2.75, 3.05) is 30.0 Å². The third-order valence-corrected chi connectivity index (χ3v) is 5.74. The fourth-order valence-electron chi connectivity index (χ4n) is 2.97. The van der Waals surface area contributed by atoms with Crippen LogP contribution < -0.4 is 21.1 Å². The molecule has 0 aliphatic heterocycles. The Hall–Kier alpha value is -3.50. The van der Waals surface area contributed by atoms with Gasteiger partial charge in [0.05, 0.1) is 4.90 Å². The van der Waals surface area contributed by atoms with E-state index in [0.717, 1.165) is 11.1 Å². The summed E-state index contributed by atoms with van der Waals surface area (Å²) >= 11 is 0. The molecule has 0 aliphatic carbocycles. The van der Waals surface area contributed by atoms with Crippen LogP contribution in [-0.4, -0.2) is 38.4 Å². The van der Waals surface area contributed by atoms with E-state index < -0.39 is 10.0 Å². The lowest BCUT2D eigenvalue weighted by atomic mass is 10.1. The van der Waals surface area contributed by atoms with Gasteiger partial charge in [-0.25, -0.2) is 23.5 Å². The smallest absolute Gasteiger partial charge is 0.263 e. The molecule has 2 aromatic carbocycles. The molecule has 0 radical (unpaired) electrons. The number of benzene rings is 2. The van der Waals surface area contributed by atoms with E-state index in [1.165, 1.54) is 12.1 Å². The maximum Gasteiger partial charge on any atom is 0.263 e. The molecule has 9 nitrogen and oxygen atoms in total. The highest BCUT2D eigenvalue weighted by molar-refractivity contribution is 7.89. The van der Waals surface area contributed by atoms with E-state index in [9.17, 15) is 13.2 Å². The first-order valence-electron chi connectivity index (χ1n) is 9.43. The molecule has 0 bridgehead atoms. The third kappa shape index (κ3) is 4.81. The fourth-order valence-corrected chi connectivity index (χ4v) is 3.49. The lowest BCUT2D eigenvalue weighted by Gasteiger charge is -2.15. The van der Waals surface area contributed by atoms with Gasteiger partial charge in [-0.1, -0.05) is 6.07 Å². The van der Waals surface area contributed by atoms with Crippen LogP contribution in [0.5, 0.6) is 0 Å². The molecule has 3 rings (SSSR count). The van der Waals surface area contributed by atoms with Crippen molar-refractivity contribution >= 4 is 33.3 Å². The molecule has 31 heavy (non-hydrogen) atoms. The van der Waals surface area contributed by atoms with Gasteiger partial charge in [-0.3, -0.25) is 4.79 Å². The van der Waals surface area contributed by atoms with Crippen LogP contribution in [0.1, 0.15) is 21.5 Å². The lowest BCUT2D eigenvalue weighted by Crippen LogP contribution is -2.18. The van der Waals surface area contributed by atoms with Crippen molar-refractivity contribution in [2.45, 2.75) is 18.7 Å². The number of aromatic nitrogens is 2. The van der Waals surface area contributed by atoms with Gasteiger partial charge in [-0.05, 0) is 61.4 Å². The van der Waals surface area contributed by atoms with E-state index in [4.69, 9.17) is 5.14 Å². The molecular weight excluding hydrogens is 416 g/mol. The molecule has 1 amide bonds. The number of carbonyl (C=O) groups excluding carboxylic acids is 1. The van der Waals surface area contributed by atoms with Crippen molar-refractivity contribution in [1.82, 2.24) is 9.97 Å². The summed E-state index contributed by atoms with van der Waals surface area (Å²) in [6, 6.07) is 11.5. The minimum absolute atomic E-state index is 0.0108. The molecule has 5 N–H and O–H groups in total. The number of nitrogens with one attached hydrogen (secondary N) is 3. The summed E-state index contributed by atoms with van der Waals surface area (Å²) in [7, 11) is -0.489. The molecule has 0 saturated heterocycles. The number of primary sulfonamides is 1. The Kier molecular flexibility index (Phi) is 6.23. The zero-order valence-electron chi connectivity index (χ0n) is 17.6. The van der Waals surface area contributed by atoms with Crippen molar-refractivity contribution < 1.29 is 13.2 Å². The van der Waals surface area contributed by atoms with Crippen molar-refractivity contribution in [2.24, 2.45) is 5.14 Å². The zero-order chi connectivity index (χ0) is 22.8. The minimum Gasteiger partial charge on any atom is -0.372 e. The zero-order valence-corrected chi connectivity index (χ0v) is 18.5. The summed E-state index contributed by atoms with van der Waals surface area (Å²) < 4.78 is 22.9. The first-order chi connectivity index (χ1) is 14.6. The molecule has 1 aromatic heterocycles. The van der Waals surface area contributed by atoms with Gasteiger partial charge in [-0.15, -0.1) is 0 Å². The first kappa shape index (κ1) is 22.2. The molecule has 0 fully saturated rings. The Labute approximate surface area is 181 Å². The quantitative estimate of drug-likeness (QED) is 0.462. The maximum atomic E-state index is 13.0. The molecular formula is C21H24N6O3S. The van der Waals surface area contributed by atoms with E-state index in [1.807, 2.05) is 32.0 Å². The number of carbonyl (C=O) groups is 1. The molecule has 0 spiro atoms. The topological polar surface area (TPSA) is 139 Å². The largest absolute Gasteiger partial charge is 0.372 e. The van der Waals surface area contributed by atoms with Crippen LogP contribution in [0.25, 0.3) is 11.4 Å². The average Bonchev–Trinajstić information content (AvgIpc) is 2.74. The molecule has 10 heteroatoms. The highest BCUT2D eigenvalue weighted by Crippen LogP contribution is 2.27. The lowest BCUT2D eigenvalue weighted by molar-refractivity contribution is 0.102. The van der Waals surface area contributed by atoms with E-state index >= 15 is 0 Å². The number of amides is 1. The molecule has 162 valence electrons. The van der Waals surface area contributed by atoms with Gasteiger partial charge in [0, 0.05) is 25.3 Å². The number of hydrogen-bond acceptors (Lipinski definition) is 7. The highest BCUT2D eigenvalue weighted by atomic mass is 32.2. The maximum absolute atomic E-state index is 13.0. The Morgan fingerprint density at radius 2 is 1.48 bits per heavy atom. The van der Waals surface area contributed by atoms with E-state index in [2.05, 4.69) is 25.9 Å². The standard InChI is InChI=1S/C21H24N6O3S/c1-12-5-8-15(11-13(12)2)25-21(28)17-19(23-3)26-18(27-20(17)24-4)14-6-9-16(10-7-14)31(22,29)30/h5-11H,1-4H3,(H,25,28)(H2,22,29,30)(H2,23,24,26,27). The van der Waals surface area contributed by atoms with E-state index in [-0.39, 0.29) is 16.4 Å². The predicted octanol–water partition coefficient (Wildman–Crippen LogP) is 2.74. The molecule has 0 unspecified atom stereocenters. The summed E-state index contributed by atoms with van der Waals surface area (Å²) in [6.07, 6.45) is 0.